The number of likely N-dealkylation sites (N-methyl/N-ethyl adjacent to an activating group) is 1. The van der Waals surface area contributed by atoms with Crippen LogP contribution in [0.4, 0.5) is 0 Å². The van der Waals surface area contributed by atoms with Gasteiger partial charge in [0.2, 0.25) is 0 Å². The lowest BCUT2D eigenvalue weighted by atomic mass is 9.61. The number of hydrogen-bond donors (Lipinski definition) is 2. The summed E-state index contributed by atoms with van der Waals surface area (Å²) in [6.07, 6.45) is 13.6. The van der Waals surface area contributed by atoms with E-state index in [1.54, 1.807) is 0 Å². The van der Waals surface area contributed by atoms with E-state index >= 15 is 0 Å². The van der Waals surface area contributed by atoms with Gasteiger partial charge in [0.25, 0.3) is 0 Å². The Bertz CT molecular complexity index is 561. The van der Waals surface area contributed by atoms with Gasteiger partial charge in [0, 0.05) is 12.0 Å². The molecule has 5 nitrogen and oxygen atoms in total. The first-order chi connectivity index (χ1) is 13.5. The van der Waals surface area contributed by atoms with Crippen molar-refractivity contribution in [2.75, 3.05) is 13.6 Å². The molecular weight excluding hydrogens is 350 g/mol. The molecule has 5 heteroatoms. The predicted molar refractivity (Wildman–Crippen MR) is 111 cm³/mol. The summed E-state index contributed by atoms with van der Waals surface area (Å²) >= 11 is 0. The summed E-state index contributed by atoms with van der Waals surface area (Å²) < 4.78 is 0. The van der Waals surface area contributed by atoms with E-state index in [1.165, 1.54) is 51.4 Å². The van der Waals surface area contributed by atoms with Gasteiger partial charge in [0.15, 0.2) is 0 Å². The van der Waals surface area contributed by atoms with Crippen LogP contribution in [0.5, 0.6) is 0 Å². The number of aliphatic carboxylic acids is 1. The number of nitriles is 1. The van der Waals surface area contributed by atoms with Crippen molar-refractivity contribution in [1.29, 1.82) is 5.26 Å². The highest BCUT2D eigenvalue weighted by Crippen LogP contribution is 2.47. The summed E-state index contributed by atoms with van der Waals surface area (Å²) in [5, 5.41) is 22.6. The van der Waals surface area contributed by atoms with Crippen molar-refractivity contribution in [3.05, 3.63) is 0 Å². The van der Waals surface area contributed by atoms with E-state index in [-0.39, 0.29) is 18.6 Å². The Morgan fingerprint density at radius 1 is 1.18 bits per heavy atom. The Morgan fingerprint density at radius 2 is 2.00 bits per heavy atom. The Balaban J connectivity index is 1.74. The van der Waals surface area contributed by atoms with E-state index in [0.29, 0.717) is 23.8 Å². The summed E-state index contributed by atoms with van der Waals surface area (Å²) in [7, 11) is 1.94. The number of fused-ring (bicyclic) bond motifs is 1. The third kappa shape index (κ3) is 5.27. The van der Waals surface area contributed by atoms with Crippen LogP contribution in [0.25, 0.3) is 0 Å². The lowest BCUT2D eigenvalue weighted by Gasteiger charge is -2.52. The van der Waals surface area contributed by atoms with Crippen LogP contribution in [0.1, 0.15) is 77.6 Å². The second kappa shape index (κ2) is 10.1. The summed E-state index contributed by atoms with van der Waals surface area (Å²) in [6, 6.07) is 3.05. The standard InChI is InChI=1S/C23H39N3O2/c1-3-4-6-16-9-10-21-20(12-16)19(18-8-5-7-17(11-18)14-24)13-22(25-21)26(2)15-23(27)28/h16-22,25H,3-13,15H2,1-2H3,(H,27,28). The van der Waals surface area contributed by atoms with E-state index in [1.807, 2.05) is 11.9 Å². The molecule has 158 valence electrons. The molecule has 1 heterocycles. The topological polar surface area (TPSA) is 76.4 Å². The minimum Gasteiger partial charge on any atom is -0.480 e. The number of nitrogens with one attached hydrogen (secondary N) is 1. The molecule has 1 saturated heterocycles. The van der Waals surface area contributed by atoms with Crippen molar-refractivity contribution in [2.45, 2.75) is 89.8 Å². The van der Waals surface area contributed by atoms with Crippen molar-refractivity contribution in [1.82, 2.24) is 10.2 Å². The van der Waals surface area contributed by atoms with E-state index < -0.39 is 5.97 Å². The first-order valence-corrected chi connectivity index (χ1v) is 11.6. The molecule has 1 aliphatic heterocycles. The molecule has 0 spiro atoms. The van der Waals surface area contributed by atoms with Crippen molar-refractivity contribution in [2.24, 2.45) is 29.6 Å². The van der Waals surface area contributed by atoms with Crippen LogP contribution >= 0.6 is 0 Å². The monoisotopic (exact) mass is 389 g/mol. The molecule has 3 rings (SSSR count). The number of rotatable bonds is 7. The number of carboxylic acids is 1. The van der Waals surface area contributed by atoms with E-state index in [9.17, 15) is 15.2 Å². The second-order valence-corrected chi connectivity index (χ2v) is 9.74. The normalized spacial score (nSPS) is 38.6. The minimum absolute atomic E-state index is 0.0897. The number of hydrogen-bond acceptors (Lipinski definition) is 4. The zero-order valence-corrected chi connectivity index (χ0v) is 17.8. The zero-order valence-electron chi connectivity index (χ0n) is 17.8. The average molecular weight is 390 g/mol. The fourth-order valence-electron chi connectivity index (χ4n) is 6.39. The van der Waals surface area contributed by atoms with Gasteiger partial charge in [-0.2, -0.15) is 5.26 Å². The maximum Gasteiger partial charge on any atom is 0.317 e. The molecule has 28 heavy (non-hydrogen) atoms. The highest BCUT2D eigenvalue weighted by Gasteiger charge is 2.45. The van der Waals surface area contributed by atoms with Gasteiger partial charge in [-0.1, -0.05) is 39.0 Å². The molecule has 0 amide bonds. The molecule has 3 fully saturated rings. The number of unbranched alkanes of at least 4 members (excludes halogenated alkanes) is 1. The molecule has 3 aliphatic rings. The third-order valence-electron chi connectivity index (χ3n) is 7.85. The number of carbonyl (C=O) groups is 1. The van der Waals surface area contributed by atoms with Crippen molar-refractivity contribution in [3.8, 4) is 6.07 Å². The van der Waals surface area contributed by atoms with E-state index in [4.69, 9.17) is 0 Å². The highest BCUT2D eigenvalue weighted by molar-refractivity contribution is 5.69. The predicted octanol–water partition coefficient (Wildman–Crippen LogP) is 4.24. The van der Waals surface area contributed by atoms with E-state index in [0.717, 1.165) is 25.2 Å². The van der Waals surface area contributed by atoms with Crippen molar-refractivity contribution in [3.63, 3.8) is 0 Å². The average Bonchev–Trinajstić information content (AvgIpc) is 2.70. The number of carboxylic acid groups (broad SMARTS) is 1. The molecule has 0 aromatic rings. The Kier molecular flexibility index (Phi) is 7.77. The van der Waals surface area contributed by atoms with E-state index in [2.05, 4.69) is 18.3 Å². The second-order valence-electron chi connectivity index (χ2n) is 9.74. The molecule has 2 aliphatic carbocycles. The van der Waals surface area contributed by atoms with Gasteiger partial charge in [-0.25, -0.2) is 0 Å². The van der Waals surface area contributed by atoms with Crippen LogP contribution in [0.3, 0.4) is 0 Å². The van der Waals surface area contributed by atoms with Crippen molar-refractivity contribution >= 4 is 5.97 Å². The number of piperidine rings is 1. The molecule has 0 radical (unpaired) electrons. The first kappa shape index (κ1) is 21.6. The smallest absolute Gasteiger partial charge is 0.317 e. The molecular formula is C23H39N3O2. The maximum absolute atomic E-state index is 11.2. The Morgan fingerprint density at radius 3 is 2.71 bits per heavy atom. The summed E-state index contributed by atoms with van der Waals surface area (Å²) in [5.41, 5.74) is 0. The van der Waals surface area contributed by atoms with Gasteiger partial charge in [-0.3, -0.25) is 15.0 Å². The van der Waals surface area contributed by atoms with Gasteiger partial charge in [-0.15, -0.1) is 0 Å². The van der Waals surface area contributed by atoms with Crippen LogP contribution in [0.15, 0.2) is 0 Å². The molecule has 2 saturated carbocycles. The molecule has 7 unspecified atom stereocenters. The van der Waals surface area contributed by atoms with Gasteiger partial charge >= 0.3 is 5.97 Å². The first-order valence-electron chi connectivity index (χ1n) is 11.6. The molecule has 2 N–H and O–H groups in total. The zero-order chi connectivity index (χ0) is 20.1. The van der Waals surface area contributed by atoms with Crippen LogP contribution in [-0.2, 0) is 4.79 Å². The van der Waals surface area contributed by atoms with Crippen LogP contribution in [-0.4, -0.2) is 41.8 Å². The Hall–Kier alpha value is -1.12. The summed E-state index contributed by atoms with van der Waals surface area (Å²) in [5.74, 6) is 2.30. The molecule has 0 aromatic carbocycles. The van der Waals surface area contributed by atoms with Crippen LogP contribution in [0, 0.1) is 40.9 Å². The van der Waals surface area contributed by atoms with Crippen molar-refractivity contribution < 1.29 is 9.90 Å². The lowest BCUT2D eigenvalue weighted by molar-refractivity contribution is -0.139. The fourth-order valence-corrected chi connectivity index (χ4v) is 6.39. The minimum atomic E-state index is -0.756. The van der Waals surface area contributed by atoms with Crippen LogP contribution in [0.2, 0.25) is 0 Å². The quantitative estimate of drug-likeness (QED) is 0.681. The third-order valence-corrected chi connectivity index (χ3v) is 7.85. The highest BCUT2D eigenvalue weighted by atomic mass is 16.4. The lowest BCUT2D eigenvalue weighted by Crippen LogP contribution is -2.60. The maximum atomic E-state index is 11.2. The summed E-state index contributed by atoms with van der Waals surface area (Å²) in [6.45, 7) is 2.37. The van der Waals surface area contributed by atoms with Gasteiger partial charge in [-0.05, 0) is 69.2 Å². The van der Waals surface area contributed by atoms with Gasteiger partial charge < -0.3 is 5.11 Å². The van der Waals surface area contributed by atoms with Gasteiger partial charge in [0.05, 0.1) is 18.8 Å². The van der Waals surface area contributed by atoms with Gasteiger partial charge in [0.1, 0.15) is 0 Å². The summed E-state index contributed by atoms with van der Waals surface area (Å²) in [4.78, 5) is 13.2. The SMILES string of the molecule is CCCCC1CCC2NC(N(C)CC(=O)O)CC(C3CCCC(C#N)C3)C2C1. The molecule has 7 atom stereocenters. The largest absolute Gasteiger partial charge is 0.480 e. The Labute approximate surface area is 170 Å². The van der Waals surface area contributed by atoms with Crippen LogP contribution < -0.4 is 5.32 Å². The molecule has 0 bridgehead atoms. The molecule has 0 aromatic heterocycles. The number of nitrogens with zero attached hydrogens (tertiary/aromatic N) is 2. The fraction of sp³-hybridized carbons (Fsp3) is 0.913.